The Bertz CT molecular complexity index is 686. The molecule has 1 aliphatic heterocycles. The molecule has 2 aromatic carbocycles. The summed E-state index contributed by atoms with van der Waals surface area (Å²) < 4.78 is 5.20. The van der Waals surface area contributed by atoms with E-state index in [1.54, 1.807) is 7.11 Å². The summed E-state index contributed by atoms with van der Waals surface area (Å²) in [4.78, 5) is 14.4. The molecule has 3 nitrogen and oxygen atoms in total. The molecule has 1 saturated heterocycles. The molecule has 0 radical (unpaired) electrons. The highest BCUT2D eigenvalue weighted by Crippen LogP contribution is 2.35. The summed E-state index contributed by atoms with van der Waals surface area (Å²) in [6.45, 7) is 4.88. The summed E-state index contributed by atoms with van der Waals surface area (Å²) in [5.41, 5.74) is 4.89. The van der Waals surface area contributed by atoms with Crippen LogP contribution >= 0.6 is 0 Å². The van der Waals surface area contributed by atoms with Crippen molar-refractivity contribution < 1.29 is 9.53 Å². The smallest absolute Gasteiger partial charge is 0.223 e. The molecule has 0 saturated carbocycles. The maximum atomic E-state index is 12.4. The standard InChI is InChI=1S/C20H23NO2/c1-14-10-15(2)12-17(11-14)19-8-9-20(22)21(19)13-16-4-6-18(23-3)7-5-16/h4-7,10-12,19H,8-9,13H2,1-3H3. The molecule has 0 aromatic heterocycles. The van der Waals surface area contributed by atoms with Gasteiger partial charge in [-0.25, -0.2) is 0 Å². The lowest BCUT2D eigenvalue weighted by molar-refractivity contribution is -0.129. The fourth-order valence-corrected chi connectivity index (χ4v) is 3.41. The molecule has 3 rings (SSSR count). The van der Waals surface area contributed by atoms with E-state index in [1.807, 2.05) is 29.2 Å². The lowest BCUT2D eigenvalue weighted by atomic mass is 9.99. The number of hydrogen-bond acceptors (Lipinski definition) is 2. The van der Waals surface area contributed by atoms with Crippen molar-refractivity contribution in [2.24, 2.45) is 0 Å². The fraction of sp³-hybridized carbons (Fsp3) is 0.350. The number of amides is 1. The van der Waals surface area contributed by atoms with E-state index in [0.29, 0.717) is 13.0 Å². The van der Waals surface area contributed by atoms with Crippen molar-refractivity contribution in [1.29, 1.82) is 0 Å². The number of carbonyl (C=O) groups excluding carboxylic acids is 1. The van der Waals surface area contributed by atoms with Crippen LogP contribution in [0.25, 0.3) is 0 Å². The molecule has 2 aromatic rings. The zero-order chi connectivity index (χ0) is 16.4. The van der Waals surface area contributed by atoms with Crippen molar-refractivity contribution in [2.45, 2.75) is 39.3 Å². The van der Waals surface area contributed by atoms with Gasteiger partial charge in [-0.05, 0) is 43.5 Å². The predicted octanol–water partition coefficient (Wildman–Crippen LogP) is 4.18. The van der Waals surface area contributed by atoms with E-state index in [-0.39, 0.29) is 11.9 Å². The maximum Gasteiger partial charge on any atom is 0.223 e. The Balaban J connectivity index is 1.84. The number of methoxy groups -OCH3 is 1. The van der Waals surface area contributed by atoms with Crippen molar-refractivity contribution in [3.63, 3.8) is 0 Å². The van der Waals surface area contributed by atoms with Gasteiger partial charge in [0.05, 0.1) is 13.2 Å². The fourth-order valence-electron chi connectivity index (χ4n) is 3.41. The van der Waals surface area contributed by atoms with E-state index in [1.165, 1.54) is 16.7 Å². The number of likely N-dealkylation sites (tertiary alicyclic amines) is 1. The molecule has 0 spiro atoms. The van der Waals surface area contributed by atoms with Crippen LogP contribution < -0.4 is 4.74 Å². The van der Waals surface area contributed by atoms with Gasteiger partial charge in [0.15, 0.2) is 0 Å². The second kappa shape index (κ2) is 6.45. The summed E-state index contributed by atoms with van der Waals surface area (Å²) in [7, 11) is 1.66. The number of carbonyl (C=O) groups is 1. The molecule has 1 atom stereocenters. The van der Waals surface area contributed by atoms with Crippen LogP contribution in [0, 0.1) is 13.8 Å². The monoisotopic (exact) mass is 309 g/mol. The van der Waals surface area contributed by atoms with Crippen LogP contribution in [0.1, 0.15) is 41.1 Å². The van der Waals surface area contributed by atoms with Crippen LogP contribution in [-0.4, -0.2) is 17.9 Å². The molecule has 0 bridgehead atoms. The molecule has 3 heteroatoms. The van der Waals surface area contributed by atoms with E-state index in [4.69, 9.17) is 4.74 Å². The Kier molecular flexibility index (Phi) is 4.37. The van der Waals surface area contributed by atoms with Gasteiger partial charge < -0.3 is 9.64 Å². The zero-order valence-electron chi connectivity index (χ0n) is 14.0. The maximum absolute atomic E-state index is 12.4. The van der Waals surface area contributed by atoms with E-state index >= 15 is 0 Å². The Morgan fingerprint density at radius 2 is 1.74 bits per heavy atom. The number of ether oxygens (including phenoxy) is 1. The van der Waals surface area contributed by atoms with Gasteiger partial charge in [-0.15, -0.1) is 0 Å². The summed E-state index contributed by atoms with van der Waals surface area (Å²) in [5.74, 6) is 1.08. The van der Waals surface area contributed by atoms with Gasteiger partial charge in [-0.3, -0.25) is 4.79 Å². The quantitative estimate of drug-likeness (QED) is 0.848. The first-order valence-electron chi connectivity index (χ1n) is 8.07. The Morgan fingerprint density at radius 1 is 1.09 bits per heavy atom. The van der Waals surface area contributed by atoms with Gasteiger partial charge in [-0.1, -0.05) is 41.5 Å². The second-order valence-electron chi connectivity index (χ2n) is 6.35. The summed E-state index contributed by atoms with van der Waals surface area (Å²) in [6.07, 6.45) is 1.53. The van der Waals surface area contributed by atoms with Crippen LogP contribution in [-0.2, 0) is 11.3 Å². The molecule has 1 amide bonds. The van der Waals surface area contributed by atoms with Gasteiger partial charge in [0, 0.05) is 13.0 Å². The molecule has 1 aliphatic rings. The molecule has 0 N–H and O–H groups in total. The van der Waals surface area contributed by atoms with Crippen molar-refractivity contribution in [2.75, 3.05) is 7.11 Å². The van der Waals surface area contributed by atoms with Gasteiger partial charge in [-0.2, -0.15) is 0 Å². The minimum absolute atomic E-state index is 0.184. The predicted molar refractivity (Wildman–Crippen MR) is 91.4 cm³/mol. The number of nitrogens with zero attached hydrogens (tertiary/aromatic N) is 1. The molecular formula is C20H23NO2. The Labute approximate surface area is 137 Å². The third-order valence-electron chi connectivity index (χ3n) is 4.47. The van der Waals surface area contributed by atoms with Gasteiger partial charge in [0.25, 0.3) is 0 Å². The number of aryl methyl sites for hydroxylation is 2. The van der Waals surface area contributed by atoms with E-state index in [9.17, 15) is 4.79 Å². The lowest BCUT2D eigenvalue weighted by Crippen LogP contribution is -2.27. The average Bonchev–Trinajstić information content (AvgIpc) is 2.88. The third kappa shape index (κ3) is 3.39. The zero-order valence-corrected chi connectivity index (χ0v) is 14.0. The average molecular weight is 309 g/mol. The van der Waals surface area contributed by atoms with Gasteiger partial charge in [0.1, 0.15) is 5.75 Å². The highest BCUT2D eigenvalue weighted by molar-refractivity contribution is 5.79. The van der Waals surface area contributed by atoms with E-state index < -0.39 is 0 Å². The Hall–Kier alpha value is -2.29. The third-order valence-corrected chi connectivity index (χ3v) is 4.47. The molecule has 1 unspecified atom stereocenters. The van der Waals surface area contributed by atoms with Crippen LogP contribution in [0.15, 0.2) is 42.5 Å². The highest BCUT2D eigenvalue weighted by atomic mass is 16.5. The van der Waals surface area contributed by atoms with Crippen LogP contribution in [0.5, 0.6) is 5.75 Å². The van der Waals surface area contributed by atoms with Crippen LogP contribution in [0.2, 0.25) is 0 Å². The van der Waals surface area contributed by atoms with Gasteiger partial charge in [0.2, 0.25) is 5.91 Å². The van der Waals surface area contributed by atoms with Crippen molar-refractivity contribution in [3.05, 3.63) is 64.7 Å². The first-order valence-corrected chi connectivity index (χ1v) is 8.07. The summed E-state index contributed by atoms with van der Waals surface area (Å²) in [6, 6.07) is 14.7. The molecule has 1 fully saturated rings. The number of benzene rings is 2. The van der Waals surface area contributed by atoms with Crippen LogP contribution in [0.4, 0.5) is 0 Å². The van der Waals surface area contributed by atoms with E-state index in [0.717, 1.165) is 17.7 Å². The summed E-state index contributed by atoms with van der Waals surface area (Å²) >= 11 is 0. The topological polar surface area (TPSA) is 29.5 Å². The SMILES string of the molecule is COc1ccc(CN2C(=O)CCC2c2cc(C)cc(C)c2)cc1. The first kappa shape index (κ1) is 15.6. The minimum atomic E-state index is 0.184. The molecule has 120 valence electrons. The Morgan fingerprint density at radius 3 is 2.35 bits per heavy atom. The van der Waals surface area contributed by atoms with Crippen molar-refractivity contribution in [1.82, 2.24) is 4.90 Å². The molecule has 0 aliphatic carbocycles. The second-order valence-corrected chi connectivity index (χ2v) is 6.35. The normalized spacial score (nSPS) is 17.6. The highest BCUT2D eigenvalue weighted by Gasteiger charge is 2.32. The van der Waals surface area contributed by atoms with Crippen LogP contribution in [0.3, 0.4) is 0 Å². The van der Waals surface area contributed by atoms with Gasteiger partial charge >= 0.3 is 0 Å². The number of rotatable bonds is 4. The molecular weight excluding hydrogens is 286 g/mol. The summed E-state index contributed by atoms with van der Waals surface area (Å²) in [5, 5.41) is 0. The van der Waals surface area contributed by atoms with E-state index in [2.05, 4.69) is 32.0 Å². The molecule has 23 heavy (non-hydrogen) atoms. The molecule has 1 heterocycles. The lowest BCUT2D eigenvalue weighted by Gasteiger charge is -2.26. The number of hydrogen-bond donors (Lipinski definition) is 0. The minimum Gasteiger partial charge on any atom is -0.497 e. The van der Waals surface area contributed by atoms with Crippen molar-refractivity contribution >= 4 is 5.91 Å². The largest absolute Gasteiger partial charge is 0.497 e. The first-order chi connectivity index (χ1) is 11.1. The van der Waals surface area contributed by atoms with Crippen molar-refractivity contribution in [3.8, 4) is 5.75 Å².